The van der Waals surface area contributed by atoms with Crippen LogP contribution >= 0.6 is 0 Å². The molecule has 0 spiro atoms. The van der Waals surface area contributed by atoms with Crippen molar-refractivity contribution in [3.63, 3.8) is 0 Å². The Kier molecular flexibility index (Phi) is 5.53. The molecule has 0 N–H and O–H groups in total. The highest BCUT2D eigenvalue weighted by atomic mass is 19.3. The van der Waals surface area contributed by atoms with E-state index in [2.05, 4.69) is 4.74 Å². The zero-order valence-electron chi connectivity index (χ0n) is 7.52. The van der Waals surface area contributed by atoms with Gasteiger partial charge >= 0.3 is 6.11 Å². The van der Waals surface area contributed by atoms with E-state index in [1.54, 1.807) is 0 Å². The summed E-state index contributed by atoms with van der Waals surface area (Å²) in [7, 11) is 0. The Morgan fingerprint density at radius 1 is 1.38 bits per heavy atom. The largest absolute Gasteiger partial charge is 0.542 e. The third-order valence-corrected chi connectivity index (χ3v) is 1.52. The van der Waals surface area contributed by atoms with Gasteiger partial charge in [-0.05, 0) is 6.42 Å². The number of carboxylic acid groups (broad SMARTS) is 1. The first-order valence-corrected chi connectivity index (χ1v) is 4.24. The molecule has 0 saturated carbocycles. The Hall–Kier alpha value is -0.710. The molecule has 0 aliphatic heterocycles. The maximum absolute atomic E-state index is 12.2. The van der Waals surface area contributed by atoms with E-state index in [0.717, 1.165) is 19.3 Å². The van der Waals surface area contributed by atoms with Crippen LogP contribution in [0.15, 0.2) is 0 Å². The van der Waals surface area contributed by atoms with Crippen LogP contribution in [0.25, 0.3) is 0 Å². The van der Waals surface area contributed by atoms with Crippen LogP contribution in [0.2, 0.25) is 0 Å². The van der Waals surface area contributed by atoms with Crippen LogP contribution in [-0.4, -0.2) is 18.7 Å². The van der Waals surface area contributed by atoms with Gasteiger partial charge in [0.15, 0.2) is 0 Å². The summed E-state index contributed by atoms with van der Waals surface area (Å²) in [5.74, 6) is -2.48. The zero-order chi connectivity index (χ0) is 10.3. The molecule has 0 saturated heterocycles. The lowest BCUT2D eigenvalue weighted by Crippen LogP contribution is -2.43. The van der Waals surface area contributed by atoms with Gasteiger partial charge in [0.2, 0.25) is 0 Å². The highest BCUT2D eigenvalue weighted by molar-refractivity contribution is 5.71. The molecule has 0 unspecified atom stereocenters. The molecule has 13 heavy (non-hydrogen) atoms. The number of alkyl halides is 2. The molecule has 0 aliphatic carbocycles. The molecular weight excluding hydrogens is 182 g/mol. The molecule has 0 aromatic heterocycles. The van der Waals surface area contributed by atoms with Crippen LogP contribution in [0, 0.1) is 0 Å². The van der Waals surface area contributed by atoms with Crippen LogP contribution in [0.1, 0.15) is 32.6 Å². The standard InChI is InChI=1S/C8H14F2O3/c1-2-3-4-5-6-13-8(9,10)7(11)12/h2-6H2,1H3,(H,11,12)/p-1. The van der Waals surface area contributed by atoms with Crippen molar-refractivity contribution in [2.24, 2.45) is 0 Å². The number of carbonyl (C=O) groups is 1. The summed E-state index contributed by atoms with van der Waals surface area (Å²) in [5.41, 5.74) is 0. The van der Waals surface area contributed by atoms with Gasteiger partial charge in [-0.25, -0.2) is 0 Å². The van der Waals surface area contributed by atoms with Gasteiger partial charge in [0.25, 0.3) is 0 Å². The molecule has 0 aliphatic rings. The van der Waals surface area contributed by atoms with Gasteiger partial charge in [0.05, 0.1) is 6.61 Å². The van der Waals surface area contributed by atoms with Crippen molar-refractivity contribution >= 4 is 5.97 Å². The summed E-state index contributed by atoms with van der Waals surface area (Å²) >= 11 is 0. The molecule has 3 nitrogen and oxygen atoms in total. The second-order valence-electron chi connectivity index (χ2n) is 2.71. The SMILES string of the molecule is CCCCCCOC(F)(F)C(=O)[O-]. The molecule has 5 heteroatoms. The summed E-state index contributed by atoms with van der Waals surface area (Å²) in [4.78, 5) is 9.75. The first-order chi connectivity index (χ1) is 6.00. The van der Waals surface area contributed by atoms with E-state index < -0.39 is 12.1 Å². The number of halogens is 2. The smallest absolute Gasteiger partial charge is 0.397 e. The van der Waals surface area contributed by atoms with E-state index in [4.69, 9.17) is 0 Å². The van der Waals surface area contributed by atoms with Crippen LogP contribution in [0.3, 0.4) is 0 Å². The lowest BCUT2D eigenvalue weighted by molar-refractivity contribution is -0.363. The van der Waals surface area contributed by atoms with Crippen LogP contribution in [0.5, 0.6) is 0 Å². The summed E-state index contributed by atoms with van der Waals surface area (Å²) < 4.78 is 28.2. The summed E-state index contributed by atoms with van der Waals surface area (Å²) in [5, 5.41) is 9.75. The Bertz CT molecular complexity index is 159. The number of carbonyl (C=O) groups excluding carboxylic acids is 1. The maximum Gasteiger partial charge on any atom is 0.397 e. The second kappa shape index (κ2) is 5.85. The van der Waals surface area contributed by atoms with Gasteiger partial charge < -0.3 is 14.6 Å². The van der Waals surface area contributed by atoms with Crippen molar-refractivity contribution in [3.8, 4) is 0 Å². The minimum atomic E-state index is -4.15. The van der Waals surface area contributed by atoms with E-state index >= 15 is 0 Å². The molecule has 0 aromatic carbocycles. The van der Waals surface area contributed by atoms with E-state index in [9.17, 15) is 18.7 Å². The normalized spacial score (nSPS) is 11.6. The van der Waals surface area contributed by atoms with Crippen LogP contribution in [0.4, 0.5) is 8.78 Å². The third-order valence-electron chi connectivity index (χ3n) is 1.52. The van der Waals surface area contributed by atoms with E-state index in [1.807, 2.05) is 6.92 Å². The highest BCUT2D eigenvalue weighted by Gasteiger charge is 2.31. The first kappa shape index (κ1) is 12.3. The molecule has 0 fully saturated rings. The molecule has 0 bridgehead atoms. The van der Waals surface area contributed by atoms with Crippen molar-refractivity contribution in [2.45, 2.75) is 38.7 Å². The second-order valence-corrected chi connectivity index (χ2v) is 2.71. The van der Waals surface area contributed by atoms with Gasteiger partial charge in [0.1, 0.15) is 5.97 Å². The molecule has 0 rings (SSSR count). The van der Waals surface area contributed by atoms with Crippen LogP contribution in [-0.2, 0) is 9.53 Å². The third kappa shape index (κ3) is 5.52. The summed E-state index contributed by atoms with van der Waals surface area (Å²) in [6, 6.07) is 0. The number of carboxylic acids is 1. The lowest BCUT2D eigenvalue weighted by Gasteiger charge is -2.16. The van der Waals surface area contributed by atoms with Gasteiger partial charge in [-0.2, -0.15) is 8.78 Å². The van der Waals surface area contributed by atoms with Gasteiger partial charge in [-0.1, -0.05) is 26.2 Å². The van der Waals surface area contributed by atoms with Crippen molar-refractivity contribution in [2.75, 3.05) is 6.61 Å². The van der Waals surface area contributed by atoms with Gasteiger partial charge in [-0.15, -0.1) is 0 Å². The van der Waals surface area contributed by atoms with E-state index in [0.29, 0.717) is 6.42 Å². The molecule has 0 amide bonds. The highest BCUT2D eigenvalue weighted by Crippen LogP contribution is 2.14. The van der Waals surface area contributed by atoms with Crippen molar-refractivity contribution in [1.82, 2.24) is 0 Å². The van der Waals surface area contributed by atoms with Crippen LogP contribution < -0.4 is 5.11 Å². The Labute approximate surface area is 75.7 Å². The minimum absolute atomic E-state index is 0.249. The first-order valence-electron chi connectivity index (χ1n) is 4.24. The maximum atomic E-state index is 12.2. The van der Waals surface area contributed by atoms with Crippen molar-refractivity contribution in [1.29, 1.82) is 0 Å². The average molecular weight is 195 g/mol. The molecule has 78 valence electrons. The van der Waals surface area contributed by atoms with Gasteiger partial charge in [0, 0.05) is 0 Å². The summed E-state index contributed by atoms with van der Waals surface area (Å²) in [6.07, 6.45) is -1.03. The fourth-order valence-electron chi connectivity index (χ4n) is 0.788. The fraction of sp³-hybridized carbons (Fsp3) is 0.875. The summed E-state index contributed by atoms with van der Waals surface area (Å²) in [6.45, 7) is 1.73. The number of aliphatic carboxylic acids is 1. The van der Waals surface area contributed by atoms with Crippen molar-refractivity contribution < 1.29 is 23.4 Å². The molecule has 0 heterocycles. The molecule has 0 radical (unpaired) electrons. The predicted octanol–water partition coefficient (Wildman–Crippen LogP) is 0.926. The Morgan fingerprint density at radius 3 is 2.46 bits per heavy atom. The number of hydrogen-bond donors (Lipinski definition) is 0. The predicted molar refractivity (Wildman–Crippen MR) is 40.0 cm³/mol. The quantitative estimate of drug-likeness (QED) is 0.568. The number of unbranched alkanes of at least 4 members (excludes halogenated alkanes) is 3. The number of ether oxygens (including phenoxy) is 1. The van der Waals surface area contributed by atoms with Crippen molar-refractivity contribution in [3.05, 3.63) is 0 Å². The average Bonchev–Trinajstić information content (AvgIpc) is 2.03. The van der Waals surface area contributed by atoms with Gasteiger partial charge in [-0.3, -0.25) is 0 Å². The molecular formula is C8H13F2O3-. The minimum Gasteiger partial charge on any atom is -0.542 e. The number of hydrogen-bond acceptors (Lipinski definition) is 3. The topological polar surface area (TPSA) is 49.4 Å². The molecule has 0 atom stereocenters. The Morgan fingerprint density at radius 2 is 2.00 bits per heavy atom. The van der Waals surface area contributed by atoms with E-state index in [-0.39, 0.29) is 6.61 Å². The zero-order valence-corrected chi connectivity index (χ0v) is 7.52. The van der Waals surface area contributed by atoms with E-state index in [1.165, 1.54) is 0 Å². The lowest BCUT2D eigenvalue weighted by atomic mass is 10.2. The monoisotopic (exact) mass is 195 g/mol. The Balaban J connectivity index is 3.46. The fourth-order valence-corrected chi connectivity index (χ4v) is 0.788. The molecule has 0 aromatic rings. The number of rotatable bonds is 7.